The second kappa shape index (κ2) is 9.03. The van der Waals surface area contributed by atoms with Crippen LogP contribution >= 0.6 is 0 Å². The highest BCUT2D eigenvalue weighted by Crippen LogP contribution is 2.30. The van der Waals surface area contributed by atoms with Crippen LogP contribution in [0, 0.1) is 0 Å². The van der Waals surface area contributed by atoms with Crippen molar-refractivity contribution in [3.63, 3.8) is 0 Å². The smallest absolute Gasteiger partial charge is 0.274 e. The molecule has 1 aliphatic heterocycles. The van der Waals surface area contributed by atoms with Gasteiger partial charge in [0.2, 0.25) is 10.0 Å². The number of aromatic nitrogens is 1. The first-order chi connectivity index (χ1) is 15.0. The van der Waals surface area contributed by atoms with Crippen LogP contribution in [0.1, 0.15) is 36.7 Å². The fourth-order valence-electron chi connectivity index (χ4n) is 3.68. The minimum Gasteiger partial charge on any atom is -0.492 e. The van der Waals surface area contributed by atoms with Gasteiger partial charge in [0, 0.05) is 18.5 Å². The van der Waals surface area contributed by atoms with Crippen molar-refractivity contribution in [2.24, 2.45) is 0 Å². The van der Waals surface area contributed by atoms with Crippen molar-refractivity contribution in [1.29, 1.82) is 0 Å². The lowest BCUT2D eigenvalue weighted by Crippen LogP contribution is -2.35. The molecule has 1 N–H and O–H groups in total. The minimum absolute atomic E-state index is 0.139. The van der Waals surface area contributed by atoms with Crippen LogP contribution in [0.3, 0.4) is 0 Å². The summed E-state index contributed by atoms with van der Waals surface area (Å²) in [6.07, 6.45) is 2.75. The van der Waals surface area contributed by atoms with Gasteiger partial charge in [-0.3, -0.25) is 4.79 Å². The van der Waals surface area contributed by atoms with E-state index in [-0.39, 0.29) is 10.6 Å². The number of rotatable bonds is 6. The predicted octanol–water partition coefficient (Wildman–Crippen LogP) is 4.06. The van der Waals surface area contributed by atoms with Crippen molar-refractivity contribution in [2.75, 3.05) is 25.0 Å². The molecule has 1 fully saturated rings. The average molecular weight is 440 g/mol. The molecule has 31 heavy (non-hydrogen) atoms. The first-order valence-electron chi connectivity index (χ1n) is 10.4. The number of ether oxygens (including phenoxy) is 1. The number of hydrogen-bond donors (Lipinski definition) is 1. The second-order valence-electron chi connectivity index (χ2n) is 7.40. The fraction of sp³-hybridized carbons (Fsp3) is 0.304. The van der Waals surface area contributed by atoms with Crippen LogP contribution in [0.2, 0.25) is 0 Å². The molecule has 0 spiro atoms. The second-order valence-corrected chi connectivity index (χ2v) is 9.34. The summed E-state index contributed by atoms with van der Waals surface area (Å²) in [5.74, 6) is -0.0199. The van der Waals surface area contributed by atoms with Crippen LogP contribution in [-0.4, -0.2) is 43.3 Å². The Labute approximate surface area is 182 Å². The number of nitrogens with zero attached hydrogens (tertiary/aromatic N) is 2. The van der Waals surface area contributed by atoms with Crippen molar-refractivity contribution in [3.05, 3.63) is 60.3 Å². The summed E-state index contributed by atoms with van der Waals surface area (Å²) in [7, 11) is -3.63. The maximum Gasteiger partial charge on any atom is 0.274 e. The predicted molar refractivity (Wildman–Crippen MR) is 120 cm³/mol. The molecule has 1 aliphatic rings. The summed E-state index contributed by atoms with van der Waals surface area (Å²) in [6, 6.07) is 15.6. The summed E-state index contributed by atoms with van der Waals surface area (Å²) in [6.45, 7) is 3.24. The average Bonchev–Trinajstić information content (AvgIpc) is 2.80. The number of carbonyl (C=O) groups is 1. The van der Waals surface area contributed by atoms with E-state index in [1.807, 2.05) is 37.3 Å². The Morgan fingerprint density at radius 3 is 2.61 bits per heavy atom. The first kappa shape index (κ1) is 21.3. The molecular formula is C23H25N3O4S. The highest BCUT2D eigenvalue weighted by Gasteiger charge is 2.27. The Hall–Kier alpha value is -2.97. The number of hydrogen-bond acceptors (Lipinski definition) is 5. The zero-order valence-corrected chi connectivity index (χ0v) is 18.2. The van der Waals surface area contributed by atoms with Gasteiger partial charge in [0.15, 0.2) is 0 Å². The van der Waals surface area contributed by atoms with Gasteiger partial charge >= 0.3 is 0 Å². The molecular weight excluding hydrogens is 414 g/mol. The normalized spacial score (nSPS) is 15.0. The SMILES string of the molecule is CCOc1ccc(S(=O)(=O)N2CCCCC2)cc1NC(=O)c1ccc2ccccc2n1. The third-order valence-electron chi connectivity index (χ3n) is 5.28. The summed E-state index contributed by atoms with van der Waals surface area (Å²) in [5, 5.41) is 3.72. The maximum atomic E-state index is 13.1. The first-order valence-corrected chi connectivity index (χ1v) is 11.9. The number of para-hydroxylation sites is 1. The number of benzene rings is 2. The van der Waals surface area contributed by atoms with E-state index >= 15 is 0 Å². The summed E-state index contributed by atoms with van der Waals surface area (Å²) in [5.41, 5.74) is 1.26. The van der Waals surface area contributed by atoms with E-state index in [0.717, 1.165) is 24.6 Å². The monoisotopic (exact) mass is 439 g/mol. The molecule has 0 radical (unpaired) electrons. The third kappa shape index (κ3) is 4.55. The molecule has 1 amide bonds. The van der Waals surface area contributed by atoms with Crippen LogP contribution in [0.5, 0.6) is 5.75 Å². The van der Waals surface area contributed by atoms with Crippen molar-refractivity contribution in [3.8, 4) is 5.75 Å². The fourth-order valence-corrected chi connectivity index (χ4v) is 5.23. The van der Waals surface area contributed by atoms with Crippen molar-refractivity contribution >= 4 is 32.5 Å². The third-order valence-corrected chi connectivity index (χ3v) is 7.18. The maximum absolute atomic E-state index is 13.1. The number of sulfonamides is 1. The number of fused-ring (bicyclic) bond motifs is 1. The van der Waals surface area contributed by atoms with E-state index in [9.17, 15) is 13.2 Å². The topological polar surface area (TPSA) is 88.6 Å². The Bertz CT molecular complexity index is 1200. The van der Waals surface area contributed by atoms with Gasteiger partial charge in [0.05, 0.1) is 22.7 Å². The van der Waals surface area contributed by atoms with Gasteiger partial charge in [-0.15, -0.1) is 0 Å². The Balaban J connectivity index is 1.65. The minimum atomic E-state index is -3.63. The molecule has 2 aromatic carbocycles. The molecule has 3 aromatic rings. The summed E-state index contributed by atoms with van der Waals surface area (Å²) < 4.78 is 33.3. The van der Waals surface area contributed by atoms with Crippen LogP contribution in [0.15, 0.2) is 59.5 Å². The highest BCUT2D eigenvalue weighted by atomic mass is 32.2. The molecule has 8 heteroatoms. The van der Waals surface area contributed by atoms with Gasteiger partial charge < -0.3 is 10.1 Å². The van der Waals surface area contributed by atoms with Gasteiger partial charge in [0.1, 0.15) is 11.4 Å². The lowest BCUT2D eigenvalue weighted by Gasteiger charge is -2.26. The zero-order chi connectivity index (χ0) is 21.8. The van der Waals surface area contributed by atoms with E-state index in [1.165, 1.54) is 16.4 Å². The molecule has 4 rings (SSSR count). The molecule has 0 bridgehead atoms. The Kier molecular flexibility index (Phi) is 6.20. The van der Waals surface area contributed by atoms with E-state index < -0.39 is 15.9 Å². The summed E-state index contributed by atoms with van der Waals surface area (Å²) >= 11 is 0. The van der Waals surface area contributed by atoms with Crippen molar-refractivity contribution < 1.29 is 17.9 Å². The van der Waals surface area contributed by atoms with Gasteiger partial charge in [-0.2, -0.15) is 4.31 Å². The van der Waals surface area contributed by atoms with Gasteiger partial charge in [0.25, 0.3) is 5.91 Å². The lowest BCUT2D eigenvalue weighted by atomic mass is 10.2. The molecule has 0 unspecified atom stereocenters. The van der Waals surface area contributed by atoms with Gasteiger partial charge in [-0.1, -0.05) is 30.7 Å². The van der Waals surface area contributed by atoms with Crippen molar-refractivity contribution in [2.45, 2.75) is 31.1 Å². The molecule has 7 nitrogen and oxygen atoms in total. The van der Waals surface area contributed by atoms with E-state index in [1.54, 1.807) is 12.1 Å². The van der Waals surface area contributed by atoms with Crippen LogP contribution in [0.25, 0.3) is 10.9 Å². The number of piperidine rings is 1. The quantitative estimate of drug-likeness (QED) is 0.626. The van der Waals surface area contributed by atoms with Crippen LogP contribution in [-0.2, 0) is 10.0 Å². The largest absolute Gasteiger partial charge is 0.492 e. The van der Waals surface area contributed by atoms with E-state index in [2.05, 4.69) is 10.3 Å². The molecule has 2 heterocycles. The van der Waals surface area contributed by atoms with Gasteiger partial charge in [-0.25, -0.2) is 13.4 Å². The van der Waals surface area contributed by atoms with E-state index in [4.69, 9.17) is 4.74 Å². The number of pyridine rings is 1. The zero-order valence-electron chi connectivity index (χ0n) is 17.4. The Morgan fingerprint density at radius 2 is 1.84 bits per heavy atom. The standard InChI is InChI=1S/C23H25N3O4S/c1-2-30-22-13-11-18(31(28,29)26-14-6-3-7-15-26)16-21(22)25-23(27)20-12-10-17-8-4-5-9-19(17)24-20/h4-5,8-13,16H,2-3,6-7,14-15H2,1H3,(H,25,27). The summed E-state index contributed by atoms with van der Waals surface area (Å²) in [4.78, 5) is 17.4. The van der Waals surface area contributed by atoms with Crippen LogP contribution < -0.4 is 10.1 Å². The molecule has 1 aromatic heterocycles. The van der Waals surface area contributed by atoms with Gasteiger partial charge in [-0.05, 0) is 50.1 Å². The molecule has 1 saturated heterocycles. The number of carbonyl (C=O) groups excluding carboxylic acids is 1. The van der Waals surface area contributed by atoms with Crippen LogP contribution in [0.4, 0.5) is 5.69 Å². The highest BCUT2D eigenvalue weighted by molar-refractivity contribution is 7.89. The Morgan fingerprint density at radius 1 is 1.06 bits per heavy atom. The molecule has 0 aliphatic carbocycles. The number of amides is 1. The lowest BCUT2D eigenvalue weighted by molar-refractivity contribution is 0.102. The van der Waals surface area contributed by atoms with Crippen molar-refractivity contribution in [1.82, 2.24) is 9.29 Å². The van der Waals surface area contributed by atoms with E-state index in [0.29, 0.717) is 36.6 Å². The number of anilines is 1. The number of nitrogens with one attached hydrogen (secondary N) is 1. The molecule has 0 atom stereocenters. The molecule has 162 valence electrons. The molecule has 0 saturated carbocycles.